The normalized spacial score (nSPS) is 13.0. The number of ether oxygens (including phenoxy) is 3. The van der Waals surface area contributed by atoms with E-state index in [4.69, 9.17) is 25.8 Å². The number of halogens is 1. The molecule has 1 aliphatic rings. The van der Waals surface area contributed by atoms with Gasteiger partial charge in [0, 0.05) is 5.02 Å². The number of carbonyl (C=O) groups is 2. The van der Waals surface area contributed by atoms with Crippen LogP contribution in [-0.4, -0.2) is 36.8 Å². The molecule has 8 heteroatoms. The molecule has 0 aromatic heterocycles. The molecule has 1 heterocycles. The van der Waals surface area contributed by atoms with Crippen molar-refractivity contribution in [2.24, 2.45) is 0 Å². The van der Waals surface area contributed by atoms with Gasteiger partial charge in [-0.2, -0.15) is 0 Å². The van der Waals surface area contributed by atoms with Crippen molar-refractivity contribution in [3.05, 3.63) is 57.7 Å². The number of aryl methyl sites for hydroxylation is 2. The summed E-state index contributed by atoms with van der Waals surface area (Å²) in [6, 6.07) is 8.45. The van der Waals surface area contributed by atoms with Crippen LogP contribution in [0.25, 0.3) is 6.08 Å². The van der Waals surface area contributed by atoms with Crippen molar-refractivity contribution in [3.8, 4) is 17.2 Å². The number of carboxylic acids is 1. The van der Waals surface area contributed by atoms with Gasteiger partial charge in [-0.1, -0.05) is 17.7 Å². The smallest absolute Gasteiger partial charge is 0.352 e. The third-order valence-corrected chi connectivity index (χ3v) is 4.76. The minimum absolute atomic E-state index is 0.279. The maximum absolute atomic E-state index is 12.2. The fourth-order valence-electron chi connectivity index (χ4n) is 2.79. The number of amides is 1. The van der Waals surface area contributed by atoms with Crippen LogP contribution in [-0.2, 0) is 9.59 Å². The van der Waals surface area contributed by atoms with Crippen LogP contribution in [0.3, 0.4) is 0 Å². The second kappa shape index (κ2) is 8.87. The van der Waals surface area contributed by atoms with E-state index >= 15 is 0 Å². The Hall–Kier alpha value is -3.19. The van der Waals surface area contributed by atoms with E-state index in [9.17, 15) is 14.7 Å². The quantitative estimate of drug-likeness (QED) is 0.700. The molecule has 0 fully saturated rings. The van der Waals surface area contributed by atoms with Crippen LogP contribution in [0.2, 0.25) is 5.02 Å². The van der Waals surface area contributed by atoms with E-state index in [-0.39, 0.29) is 12.3 Å². The van der Waals surface area contributed by atoms with E-state index in [2.05, 4.69) is 5.32 Å². The fraction of sp³-hybridized carbons (Fsp3) is 0.238. The Labute approximate surface area is 172 Å². The van der Waals surface area contributed by atoms with Gasteiger partial charge in [0.25, 0.3) is 5.91 Å². The molecule has 0 saturated heterocycles. The summed E-state index contributed by atoms with van der Waals surface area (Å²) in [5.41, 5.74) is 1.93. The topological polar surface area (TPSA) is 94.1 Å². The highest BCUT2D eigenvalue weighted by atomic mass is 35.5. The lowest BCUT2D eigenvalue weighted by Crippen LogP contribution is -2.31. The number of carbonyl (C=O) groups excluding carboxylic acids is 1. The van der Waals surface area contributed by atoms with Crippen molar-refractivity contribution in [1.29, 1.82) is 0 Å². The summed E-state index contributed by atoms with van der Waals surface area (Å²) in [6.07, 6.45) is 1.34. The Morgan fingerprint density at radius 1 is 1.14 bits per heavy atom. The van der Waals surface area contributed by atoms with E-state index in [0.717, 1.165) is 11.1 Å². The highest BCUT2D eigenvalue weighted by Gasteiger charge is 2.15. The number of rotatable bonds is 6. The van der Waals surface area contributed by atoms with E-state index in [0.29, 0.717) is 41.0 Å². The first-order chi connectivity index (χ1) is 13.8. The Kier molecular flexibility index (Phi) is 6.29. The molecule has 0 unspecified atom stereocenters. The maximum atomic E-state index is 12.2. The van der Waals surface area contributed by atoms with Gasteiger partial charge in [-0.3, -0.25) is 4.79 Å². The number of carboxylic acid groups (broad SMARTS) is 1. The highest BCUT2D eigenvalue weighted by molar-refractivity contribution is 6.32. The fourth-order valence-corrected chi connectivity index (χ4v) is 2.90. The van der Waals surface area contributed by atoms with E-state index in [1.807, 2.05) is 13.8 Å². The van der Waals surface area contributed by atoms with Crippen LogP contribution in [0.15, 0.2) is 36.0 Å². The molecule has 0 atom stereocenters. The maximum Gasteiger partial charge on any atom is 0.352 e. The largest absolute Gasteiger partial charge is 0.486 e. The second-order valence-corrected chi connectivity index (χ2v) is 6.85. The predicted octanol–water partition coefficient (Wildman–Crippen LogP) is 3.35. The standard InChI is InChI=1S/C21H20ClNO6/c1-12-7-15(8-13(2)20(12)22)29-11-19(24)23-16(21(25)26)9-14-3-4-17-18(10-14)28-6-5-27-17/h3-4,7-10H,5-6,11H2,1-2H3,(H,23,24)(H,25,26)/b16-9+. The minimum Gasteiger partial charge on any atom is -0.486 e. The molecule has 29 heavy (non-hydrogen) atoms. The molecule has 2 N–H and O–H groups in total. The van der Waals surface area contributed by atoms with Crippen molar-refractivity contribution in [2.75, 3.05) is 19.8 Å². The van der Waals surface area contributed by atoms with Crippen molar-refractivity contribution in [1.82, 2.24) is 5.32 Å². The molecule has 1 amide bonds. The number of hydrogen-bond acceptors (Lipinski definition) is 5. The predicted molar refractivity (Wildman–Crippen MR) is 108 cm³/mol. The van der Waals surface area contributed by atoms with Crippen molar-refractivity contribution in [3.63, 3.8) is 0 Å². The van der Waals surface area contributed by atoms with Crippen LogP contribution in [0.1, 0.15) is 16.7 Å². The Balaban J connectivity index is 1.68. The zero-order valence-electron chi connectivity index (χ0n) is 16.0. The van der Waals surface area contributed by atoms with Gasteiger partial charge in [-0.05, 0) is 60.9 Å². The number of aliphatic carboxylic acids is 1. The van der Waals surface area contributed by atoms with E-state index < -0.39 is 11.9 Å². The molecule has 3 rings (SSSR count). The Bertz CT molecular complexity index is 962. The molecule has 0 radical (unpaired) electrons. The van der Waals surface area contributed by atoms with Crippen molar-refractivity contribution < 1.29 is 28.9 Å². The number of fused-ring (bicyclic) bond motifs is 1. The van der Waals surface area contributed by atoms with Crippen LogP contribution >= 0.6 is 11.6 Å². The van der Waals surface area contributed by atoms with Crippen LogP contribution < -0.4 is 19.5 Å². The van der Waals surface area contributed by atoms with Crippen LogP contribution in [0.5, 0.6) is 17.2 Å². The van der Waals surface area contributed by atoms with Gasteiger partial charge in [-0.15, -0.1) is 0 Å². The first-order valence-corrected chi connectivity index (χ1v) is 9.25. The lowest BCUT2D eigenvalue weighted by atomic mass is 10.1. The first kappa shape index (κ1) is 20.5. The summed E-state index contributed by atoms with van der Waals surface area (Å²) in [5.74, 6) is -0.269. The van der Waals surface area contributed by atoms with Gasteiger partial charge >= 0.3 is 5.97 Å². The van der Waals surface area contributed by atoms with E-state index in [1.165, 1.54) is 6.08 Å². The second-order valence-electron chi connectivity index (χ2n) is 6.47. The lowest BCUT2D eigenvalue weighted by molar-refractivity contribution is -0.134. The average molecular weight is 418 g/mol. The average Bonchev–Trinajstić information content (AvgIpc) is 2.69. The summed E-state index contributed by atoms with van der Waals surface area (Å²) < 4.78 is 16.4. The van der Waals surface area contributed by atoms with Gasteiger partial charge in [-0.25, -0.2) is 4.79 Å². The summed E-state index contributed by atoms with van der Waals surface area (Å²) in [7, 11) is 0. The summed E-state index contributed by atoms with van der Waals surface area (Å²) in [6.45, 7) is 4.21. The molecular formula is C21H20ClNO6. The van der Waals surface area contributed by atoms with Crippen LogP contribution in [0, 0.1) is 13.8 Å². The SMILES string of the molecule is Cc1cc(OCC(=O)N/C(=C/c2ccc3c(c2)OCCO3)C(=O)O)cc(C)c1Cl. The third-order valence-electron chi connectivity index (χ3n) is 4.16. The molecule has 2 aromatic rings. The first-order valence-electron chi connectivity index (χ1n) is 8.87. The number of benzene rings is 2. The number of hydrogen-bond donors (Lipinski definition) is 2. The van der Waals surface area contributed by atoms with Gasteiger partial charge < -0.3 is 24.6 Å². The van der Waals surface area contributed by atoms with Crippen molar-refractivity contribution in [2.45, 2.75) is 13.8 Å². The van der Waals surface area contributed by atoms with Crippen molar-refractivity contribution >= 4 is 29.6 Å². The van der Waals surface area contributed by atoms with Gasteiger partial charge in [0.05, 0.1) is 0 Å². The minimum atomic E-state index is -1.27. The highest BCUT2D eigenvalue weighted by Crippen LogP contribution is 2.31. The molecule has 0 spiro atoms. The van der Waals surface area contributed by atoms with Crippen LogP contribution in [0.4, 0.5) is 0 Å². The number of nitrogens with one attached hydrogen (secondary N) is 1. The summed E-state index contributed by atoms with van der Waals surface area (Å²) in [4.78, 5) is 23.7. The lowest BCUT2D eigenvalue weighted by Gasteiger charge is -2.18. The zero-order valence-corrected chi connectivity index (χ0v) is 16.7. The third kappa shape index (κ3) is 5.20. The van der Waals surface area contributed by atoms with Gasteiger partial charge in [0.2, 0.25) is 0 Å². The molecule has 7 nitrogen and oxygen atoms in total. The molecule has 0 aliphatic carbocycles. The van der Waals surface area contributed by atoms with Gasteiger partial charge in [0.15, 0.2) is 18.1 Å². The molecule has 1 aliphatic heterocycles. The Morgan fingerprint density at radius 3 is 2.45 bits per heavy atom. The molecule has 0 bridgehead atoms. The zero-order chi connectivity index (χ0) is 21.0. The molecule has 2 aromatic carbocycles. The van der Waals surface area contributed by atoms with E-state index in [1.54, 1.807) is 30.3 Å². The summed E-state index contributed by atoms with van der Waals surface area (Å²) >= 11 is 6.11. The monoisotopic (exact) mass is 417 g/mol. The molecular weight excluding hydrogens is 398 g/mol. The molecule has 152 valence electrons. The van der Waals surface area contributed by atoms with Gasteiger partial charge in [0.1, 0.15) is 24.7 Å². The Morgan fingerprint density at radius 2 is 1.79 bits per heavy atom. The molecule has 0 saturated carbocycles. The summed E-state index contributed by atoms with van der Waals surface area (Å²) in [5, 5.41) is 12.4.